The number of hydrogen-bond donors (Lipinski definition) is 1. The standard InChI is InChI=1S/C17H21NO2/c19-11-12-5-7-14(8-6-12)17-15(9-10-16(17)18-20)13-3-1-2-4-13/h5-8,13,16,19H,1-4,9-11H2. The third kappa shape index (κ3) is 2.42. The van der Waals surface area contributed by atoms with Crippen molar-refractivity contribution < 1.29 is 5.11 Å². The van der Waals surface area contributed by atoms with Gasteiger partial charge in [0, 0.05) is 0 Å². The van der Waals surface area contributed by atoms with E-state index in [1.165, 1.54) is 36.8 Å². The van der Waals surface area contributed by atoms with E-state index in [1.807, 2.05) is 24.3 Å². The van der Waals surface area contributed by atoms with E-state index in [2.05, 4.69) is 5.18 Å². The Morgan fingerprint density at radius 3 is 2.40 bits per heavy atom. The van der Waals surface area contributed by atoms with Crippen LogP contribution in [0.4, 0.5) is 0 Å². The van der Waals surface area contributed by atoms with E-state index in [-0.39, 0.29) is 12.6 Å². The Balaban J connectivity index is 1.98. The Morgan fingerprint density at radius 2 is 1.80 bits per heavy atom. The van der Waals surface area contributed by atoms with Crippen molar-refractivity contribution >= 4 is 5.57 Å². The molecule has 1 aromatic carbocycles. The summed E-state index contributed by atoms with van der Waals surface area (Å²) in [5, 5.41) is 12.5. The SMILES string of the molecule is O=NC1CCC(C2CCCC2)=C1c1ccc(CO)cc1. The molecule has 3 heteroatoms. The van der Waals surface area contributed by atoms with E-state index in [4.69, 9.17) is 5.11 Å². The zero-order valence-electron chi connectivity index (χ0n) is 11.7. The highest BCUT2D eigenvalue weighted by molar-refractivity contribution is 5.75. The van der Waals surface area contributed by atoms with Gasteiger partial charge in [0.25, 0.3) is 0 Å². The third-order valence-corrected chi connectivity index (χ3v) is 4.79. The molecule has 0 saturated heterocycles. The van der Waals surface area contributed by atoms with Crippen molar-refractivity contribution in [3.63, 3.8) is 0 Å². The van der Waals surface area contributed by atoms with E-state index in [0.29, 0.717) is 5.92 Å². The van der Waals surface area contributed by atoms with Crippen molar-refractivity contribution in [3.8, 4) is 0 Å². The fourth-order valence-corrected chi connectivity index (χ4v) is 3.76. The van der Waals surface area contributed by atoms with Crippen molar-refractivity contribution in [2.24, 2.45) is 11.1 Å². The number of nitroso groups, excluding NO2 is 1. The van der Waals surface area contributed by atoms with Gasteiger partial charge in [-0.05, 0) is 48.3 Å². The van der Waals surface area contributed by atoms with E-state index < -0.39 is 0 Å². The minimum Gasteiger partial charge on any atom is -0.392 e. The molecule has 0 amide bonds. The minimum absolute atomic E-state index is 0.0597. The Labute approximate surface area is 119 Å². The van der Waals surface area contributed by atoms with Gasteiger partial charge in [0.15, 0.2) is 0 Å². The Hall–Kier alpha value is -1.48. The fourth-order valence-electron chi connectivity index (χ4n) is 3.76. The molecule has 3 rings (SSSR count). The molecule has 1 N–H and O–H groups in total. The lowest BCUT2D eigenvalue weighted by Crippen LogP contribution is -2.04. The van der Waals surface area contributed by atoms with Gasteiger partial charge in [-0.25, -0.2) is 0 Å². The van der Waals surface area contributed by atoms with E-state index in [9.17, 15) is 4.91 Å². The van der Waals surface area contributed by atoms with Gasteiger partial charge in [-0.1, -0.05) is 47.9 Å². The first kappa shape index (κ1) is 13.5. The Morgan fingerprint density at radius 1 is 1.10 bits per heavy atom. The Bertz CT molecular complexity index is 512. The van der Waals surface area contributed by atoms with Crippen LogP contribution in [0.25, 0.3) is 5.57 Å². The second-order valence-electron chi connectivity index (χ2n) is 5.94. The van der Waals surface area contributed by atoms with Crippen LogP contribution in [0, 0.1) is 10.8 Å². The van der Waals surface area contributed by atoms with Crippen LogP contribution >= 0.6 is 0 Å². The van der Waals surface area contributed by atoms with Crippen LogP contribution < -0.4 is 0 Å². The molecule has 0 spiro atoms. The molecule has 0 aliphatic heterocycles. The maximum absolute atomic E-state index is 11.2. The van der Waals surface area contributed by atoms with Gasteiger partial charge in [0.1, 0.15) is 6.04 Å². The van der Waals surface area contributed by atoms with Crippen molar-refractivity contribution in [3.05, 3.63) is 45.9 Å². The van der Waals surface area contributed by atoms with E-state index >= 15 is 0 Å². The number of nitrogens with zero attached hydrogens (tertiary/aromatic N) is 1. The zero-order valence-corrected chi connectivity index (χ0v) is 11.7. The van der Waals surface area contributed by atoms with E-state index in [1.54, 1.807) is 0 Å². The number of aliphatic hydroxyl groups excluding tert-OH is 1. The highest BCUT2D eigenvalue weighted by Gasteiger charge is 2.32. The van der Waals surface area contributed by atoms with Gasteiger partial charge < -0.3 is 5.11 Å². The lowest BCUT2D eigenvalue weighted by atomic mass is 9.90. The van der Waals surface area contributed by atoms with Gasteiger partial charge in [0.05, 0.1) is 6.61 Å². The van der Waals surface area contributed by atoms with Crippen LogP contribution in [0.2, 0.25) is 0 Å². The molecule has 1 saturated carbocycles. The highest BCUT2D eigenvalue weighted by Crippen LogP contribution is 2.44. The molecule has 20 heavy (non-hydrogen) atoms. The zero-order chi connectivity index (χ0) is 13.9. The van der Waals surface area contributed by atoms with Gasteiger partial charge >= 0.3 is 0 Å². The normalized spacial score (nSPS) is 23.6. The molecule has 0 bridgehead atoms. The van der Waals surface area contributed by atoms with Crippen molar-refractivity contribution in [1.82, 2.24) is 0 Å². The summed E-state index contributed by atoms with van der Waals surface area (Å²) in [6, 6.07) is 7.76. The molecule has 1 aromatic rings. The summed E-state index contributed by atoms with van der Waals surface area (Å²) in [6.45, 7) is 0.0597. The molecule has 0 radical (unpaired) electrons. The molecule has 1 unspecified atom stereocenters. The molecule has 0 heterocycles. The lowest BCUT2D eigenvalue weighted by molar-refractivity contribution is 0.282. The molecule has 2 aliphatic rings. The summed E-state index contributed by atoms with van der Waals surface area (Å²) in [5.41, 5.74) is 4.68. The Kier molecular flexibility index (Phi) is 3.97. The summed E-state index contributed by atoms with van der Waals surface area (Å²) >= 11 is 0. The number of aliphatic hydroxyl groups is 1. The summed E-state index contributed by atoms with van der Waals surface area (Å²) in [4.78, 5) is 11.2. The topological polar surface area (TPSA) is 49.7 Å². The fraction of sp³-hybridized carbons (Fsp3) is 0.529. The quantitative estimate of drug-likeness (QED) is 0.840. The number of rotatable bonds is 4. The molecule has 1 atom stereocenters. The largest absolute Gasteiger partial charge is 0.392 e. The molecular weight excluding hydrogens is 250 g/mol. The van der Waals surface area contributed by atoms with Gasteiger partial charge in [-0.3, -0.25) is 0 Å². The van der Waals surface area contributed by atoms with Crippen LogP contribution in [0.1, 0.15) is 49.7 Å². The first-order valence-corrected chi connectivity index (χ1v) is 7.59. The smallest absolute Gasteiger partial charge is 0.118 e. The summed E-state index contributed by atoms with van der Waals surface area (Å²) < 4.78 is 0. The molecule has 106 valence electrons. The highest BCUT2D eigenvalue weighted by atomic mass is 16.3. The average molecular weight is 271 g/mol. The third-order valence-electron chi connectivity index (χ3n) is 4.79. The van der Waals surface area contributed by atoms with Crippen LogP contribution in [0.3, 0.4) is 0 Å². The van der Waals surface area contributed by atoms with Crippen LogP contribution in [0.15, 0.2) is 35.0 Å². The molecular formula is C17H21NO2. The summed E-state index contributed by atoms with van der Waals surface area (Å²) in [5.74, 6) is 0.661. The number of allylic oxidation sites excluding steroid dienone is 1. The van der Waals surface area contributed by atoms with Crippen LogP contribution in [-0.2, 0) is 6.61 Å². The van der Waals surface area contributed by atoms with Gasteiger partial charge in [-0.2, -0.15) is 4.91 Å². The van der Waals surface area contributed by atoms with E-state index in [0.717, 1.165) is 24.0 Å². The number of benzene rings is 1. The lowest BCUT2D eigenvalue weighted by Gasteiger charge is -2.15. The van der Waals surface area contributed by atoms with Gasteiger partial charge in [-0.15, -0.1) is 0 Å². The maximum atomic E-state index is 11.2. The van der Waals surface area contributed by atoms with Crippen molar-refractivity contribution in [2.75, 3.05) is 0 Å². The maximum Gasteiger partial charge on any atom is 0.118 e. The molecule has 1 fully saturated rings. The van der Waals surface area contributed by atoms with Crippen molar-refractivity contribution in [2.45, 2.75) is 51.2 Å². The second kappa shape index (κ2) is 5.88. The van der Waals surface area contributed by atoms with Gasteiger partial charge in [0.2, 0.25) is 0 Å². The predicted octanol–water partition coefficient (Wildman–Crippen LogP) is 4.05. The second-order valence-corrected chi connectivity index (χ2v) is 5.94. The monoisotopic (exact) mass is 271 g/mol. The van der Waals surface area contributed by atoms with Crippen LogP contribution in [-0.4, -0.2) is 11.1 Å². The first-order chi connectivity index (χ1) is 9.83. The van der Waals surface area contributed by atoms with Crippen molar-refractivity contribution in [1.29, 1.82) is 0 Å². The van der Waals surface area contributed by atoms with Crippen LogP contribution in [0.5, 0.6) is 0 Å². The molecule has 2 aliphatic carbocycles. The molecule has 3 nitrogen and oxygen atoms in total. The average Bonchev–Trinajstić information content (AvgIpc) is 3.15. The summed E-state index contributed by atoms with van der Waals surface area (Å²) in [6.07, 6.45) is 7.04. The number of hydrogen-bond acceptors (Lipinski definition) is 3. The summed E-state index contributed by atoms with van der Waals surface area (Å²) in [7, 11) is 0. The molecule has 0 aromatic heterocycles. The first-order valence-electron chi connectivity index (χ1n) is 7.59. The minimum atomic E-state index is -0.175. The predicted molar refractivity (Wildman–Crippen MR) is 80.1 cm³/mol.